The van der Waals surface area contributed by atoms with Crippen LogP contribution in [-0.2, 0) is 16.2 Å². The summed E-state index contributed by atoms with van der Waals surface area (Å²) in [6, 6.07) is 2.74. The van der Waals surface area contributed by atoms with Crippen LogP contribution in [0.3, 0.4) is 0 Å². The fourth-order valence-corrected chi connectivity index (χ4v) is 6.04. The van der Waals surface area contributed by atoms with Crippen molar-refractivity contribution in [3.8, 4) is 11.5 Å². The van der Waals surface area contributed by atoms with E-state index in [2.05, 4.69) is 27.9 Å². The molecule has 0 radical (unpaired) electrons. The Morgan fingerprint density at radius 3 is 2.59 bits per heavy atom. The summed E-state index contributed by atoms with van der Waals surface area (Å²) in [4.78, 5) is 28.2. The number of hydrogen-bond acceptors (Lipinski definition) is 7. The Morgan fingerprint density at radius 2 is 1.95 bits per heavy atom. The molecule has 1 aromatic carbocycles. The van der Waals surface area contributed by atoms with Crippen molar-refractivity contribution < 1.29 is 34.4 Å². The number of nitrogens with zero attached hydrogens (tertiary/aromatic N) is 1. The second-order valence-electron chi connectivity index (χ2n) is 10.1. The normalized spacial score (nSPS) is 21.9. The van der Waals surface area contributed by atoms with Crippen LogP contribution < -0.4 is 14.8 Å². The predicted octanol–water partition coefficient (Wildman–Crippen LogP) is 3.08. The topological polar surface area (TPSA) is 129 Å². The van der Waals surface area contributed by atoms with Gasteiger partial charge in [0.2, 0.25) is 11.8 Å². The van der Waals surface area contributed by atoms with Gasteiger partial charge in [0.25, 0.3) is 0 Å². The van der Waals surface area contributed by atoms with E-state index in [4.69, 9.17) is 9.47 Å². The Balaban J connectivity index is 1.99. The maximum Gasteiger partial charge on any atom is 0.247 e. The minimum Gasteiger partial charge on any atom is -0.493 e. The SMILES string of the molecule is CCC=CC(=O)N(CC1CCCCC1)C1CC(C(=O)NCCO)=CC(Oc2c(I)cc(CO)cc2OC)C1O. The maximum absolute atomic E-state index is 13.4. The zero-order valence-corrected chi connectivity index (χ0v) is 24.9. The highest BCUT2D eigenvalue weighted by Gasteiger charge is 2.41. The fourth-order valence-electron chi connectivity index (χ4n) is 5.25. The van der Waals surface area contributed by atoms with Crippen molar-refractivity contribution >= 4 is 34.4 Å². The Hall–Kier alpha value is -2.15. The molecule has 3 unspecified atom stereocenters. The fraction of sp³-hybridized carbons (Fsp3) is 0.586. The van der Waals surface area contributed by atoms with E-state index in [0.29, 0.717) is 45.1 Å². The van der Waals surface area contributed by atoms with E-state index in [1.807, 2.05) is 6.92 Å². The summed E-state index contributed by atoms with van der Waals surface area (Å²) in [5.74, 6) is 0.528. The van der Waals surface area contributed by atoms with Crippen LogP contribution in [0, 0.1) is 9.49 Å². The van der Waals surface area contributed by atoms with Crippen LogP contribution in [0.4, 0.5) is 0 Å². The van der Waals surface area contributed by atoms with E-state index in [9.17, 15) is 24.9 Å². The Bertz CT molecular complexity index is 1040. The number of carbonyl (C=O) groups is 2. The molecule has 2 aliphatic rings. The minimum atomic E-state index is -1.11. The first-order valence-electron chi connectivity index (χ1n) is 13.7. The van der Waals surface area contributed by atoms with Crippen molar-refractivity contribution in [2.24, 2.45) is 5.92 Å². The molecule has 0 saturated heterocycles. The molecule has 3 atom stereocenters. The number of rotatable bonds is 12. The number of carbonyl (C=O) groups excluding carboxylic acids is 2. The smallest absolute Gasteiger partial charge is 0.247 e. The van der Waals surface area contributed by atoms with Gasteiger partial charge in [-0.3, -0.25) is 9.59 Å². The van der Waals surface area contributed by atoms with Crippen LogP contribution in [0.15, 0.2) is 35.9 Å². The molecule has 0 aromatic heterocycles. The molecule has 3 rings (SSSR count). The van der Waals surface area contributed by atoms with Crippen molar-refractivity contribution in [3.63, 3.8) is 0 Å². The first-order valence-corrected chi connectivity index (χ1v) is 14.8. The third-order valence-corrected chi connectivity index (χ3v) is 8.10. The van der Waals surface area contributed by atoms with Crippen LogP contribution in [0.25, 0.3) is 0 Å². The molecule has 0 spiro atoms. The second kappa shape index (κ2) is 15.6. The number of hydrogen-bond donors (Lipinski definition) is 4. The molecule has 10 heteroatoms. The highest BCUT2D eigenvalue weighted by Crippen LogP contribution is 2.37. The summed E-state index contributed by atoms with van der Waals surface area (Å²) in [6.07, 6.45) is 9.23. The average molecular weight is 657 g/mol. The zero-order valence-electron chi connectivity index (χ0n) is 22.8. The molecule has 1 saturated carbocycles. The van der Waals surface area contributed by atoms with Gasteiger partial charge in [0.15, 0.2) is 11.5 Å². The lowest BCUT2D eigenvalue weighted by atomic mass is 9.85. The Labute approximate surface area is 244 Å². The molecule has 2 aliphatic carbocycles. The van der Waals surface area contributed by atoms with Gasteiger partial charge in [0.05, 0.1) is 29.9 Å². The molecule has 1 aromatic rings. The van der Waals surface area contributed by atoms with Gasteiger partial charge < -0.3 is 35.0 Å². The van der Waals surface area contributed by atoms with E-state index in [1.165, 1.54) is 13.5 Å². The van der Waals surface area contributed by atoms with Crippen molar-refractivity contribution in [2.45, 2.75) is 76.7 Å². The molecule has 0 bridgehead atoms. The van der Waals surface area contributed by atoms with E-state index in [1.54, 1.807) is 35.3 Å². The van der Waals surface area contributed by atoms with Gasteiger partial charge in [0.1, 0.15) is 12.2 Å². The lowest BCUT2D eigenvalue weighted by Crippen LogP contribution is -2.56. The number of allylic oxidation sites excluding steroid dienone is 1. The summed E-state index contributed by atoms with van der Waals surface area (Å²) in [5.41, 5.74) is 1.03. The highest BCUT2D eigenvalue weighted by atomic mass is 127. The van der Waals surface area contributed by atoms with Crippen molar-refractivity contribution in [1.29, 1.82) is 0 Å². The van der Waals surface area contributed by atoms with Crippen LogP contribution in [0.1, 0.15) is 57.4 Å². The Kier molecular flexibility index (Phi) is 12.5. The van der Waals surface area contributed by atoms with Gasteiger partial charge in [-0.05, 0) is 77.6 Å². The second-order valence-corrected chi connectivity index (χ2v) is 11.3. The predicted molar refractivity (Wildman–Crippen MR) is 156 cm³/mol. The summed E-state index contributed by atoms with van der Waals surface area (Å²) in [5, 5.41) is 33.2. The number of aliphatic hydroxyl groups excluding tert-OH is 3. The van der Waals surface area contributed by atoms with E-state index < -0.39 is 18.2 Å². The van der Waals surface area contributed by atoms with Crippen molar-refractivity contribution in [3.05, 3.63) is 45.1 Å². The largest absolute Gasteiger partial charge is 0.493 e. The van der Waals surface area contributed by atoms with E-state index in [-0.39, 0.29) is 38.0 Å². The Morgan fingerprint density at radius 1 is 1.21 bits per heavy atom. The summed E-state index contributed by atoms with van der Waals surface area (Å²) < 4.78 is 12.5. The molecular weight excluding hydrogens is 615 g/mol. The number of aliphatic hydroxyl groups is 3. The molecule has 4 N–H and O–H groups in total. The lowest BCUT2D eigenvalue weighted by molar-refractivity contribution is -0.134. The zero-order chi connectivity index (χ0) is 28.4. The monoisotopic (exact) mass is 656 g/mol. The summed E-state index contributed by atoms with van der Waals surface area (Å²) in [6.45, 7) is 2.18. The van der Waals surface area contributed by atoms with Crippen LogP contribution in [-0.4, -0.2) is 77.1 Å². The molecular formula is C29H41IN2O7. The maximum atomic E-state index is 13.4. The van der Waals surface area contributed by atoms with Crippen molar-refractivity contribution in [2.75, 3.05) is 26.8 Å². The van der Waals surface area contributed by atoms with E-state index >= 15 is 0 Å². The summed E-state index contributed by atoms with van der Waals surface area (Å²) in [7, 11) is 1.49. The number of nitrogens with one attached hydrogen (secondary N) is 1. The lowest BCUT2D eigenvalue weighted by Gasteiger charge is -2.42. The van der Waals surface area contributed by atoms with Gasteiger partial charge in [-0.2, -0.15) is 0 Å². The van der Waals surface area contributed by atoms with Gasteiger partial charge in [-0.25, -0.2) is 0 Å². The molecule has 39 heavy (non-hydrogen) atoms. The van der Waals surface area contributed by atoms with Gasteiger partial charge >= 0.3 is 0 Å². The molecule has 2 amide bonds. The molecule has 0 aliphatic heterocycles. The number of amides is 2. The van der Waals surface area contributed by atoms with E-state index in [0.717, 1.165) is 25.7 Å². The molecule has 1 fully saturated rings. The third-order valence-electron chi connectivity index (χ3n) is 7.30. The van der Waals surface area contributed by atoms with Gasteiger partial charge in [0, 0.05) is 25.1 Å². The van der Waals surface area contributed by atoms with Crippen molar-refractivity contribution in [1.82, 2.24) is 10.2 Å². The van der Waals surface area contributed by atoms with Crippen LogP contribution >= 0.6 is 22.6 Å². The summed E-state index contributed by atoms with van der Waals surface area (Å²) >= 11 is 2.08. The quantitative estimate of drug-likeness (QED) is 0.201. The minimum absolute atomic E-state index is 0.0905. The number of benzene rings is 1. The van der Waals surface area contributed by atoms with Gasteiger partial charge in [-0.1, -0.05) is 32.3 Å². The molecule has 0 heterocycles. The van der Waals surface area contributed by atoms with Crippen LogP contribution in [0.2, 0.25) is 0 Å². The number of methoxy groups -OCH3 is 1. The number of ether oxygens (including phenoxy) is 2. The molecule has 216 valence electrons. The number of halogens is 1. The highest BCUT2D eigenvalue weighted by molar-refractivity contribution is 14.1. The molecule has 9 nitrogen and oxygen atoms in total. The van der Waals surface area contributed by atoms with Crippen LogP contribution in [0.5, 0.6) is 11.5 Å². The third kappa shape index (κ3) is 8.42. The first-order chi connectivity index (χ1) is 18.8. The van der Waals surface area contributed by atoms with Gasteiger partial charge in [-0.15, -0.1) is 0 Å². The first kappa shape index (κ1) is 31.4. The average Bonchev–Trinajstić information content (AvgIpc) is 2.95. The standard InChI is InChI=1S/C29H41IN2O7/c1-3-4-10-26(35)32(17-19-8-6-5-7-9-19)23-15-21(29(37)31-11-12-33)16-24(27(23)36)39-28-22(30)13-20(18-34)14-25(28)38-2/h4,10,13-14,16,19,23-24,27,33-34,36H,3,5-9,11-12,15,17-18H2,1-2H3,(H,31,37).